The molecule has 1 unspecified atom stereocenters. The monoisotopic (exact) mass is 409 g/mol. The topological polar surface area (TPSA) is 78.0 Å². The number of rotatable bonds is 5. The zero-order valence-electron chi connectivity index (χ0n) is 15.5. The highest BCUT2D eigenvalue weighted by Crippen LogP contribution is 2.39. The third kappa shape index (κ3) is 2.96. The number of nitrogens with two attached hydrogens (primary N) is 1. The first-order valence-corrected chi connectivity index (χ1v) is 10.7. The molecular weight excluding hydrogens is 390 g/mol. The van der Waals surface area contributed by atoms with Crippen molar-refractivity contribution in [3.63, 3.8) is 0 Å². The molecule has 1 atom stereocenters. The van der Waals surface area contributed by atoms with E-state index in [0.717, 1.165) is 20.9 Å². The van der Waals surface area contributed by atoms with E-state index in [1.54, 1.807) is 11.3 Å². The van der Waals surface area contributed by atoms with E-state index in [-0.39, 0.29) is 5.56 Å². The molecule has 3 heterocycles. The quantitative estimate of drug-likeness (QED) is 0.523. The van der Waals surface area contributed by atoms with Crippen molar-refractivity contribution in [1.29, 1.82) is 0 Å². The van der Waals surface area contributed by atoms with Gasteiger partial charge in [0, 0.05) is 20.9 Å². The highest BCUT2D eigenvalue weighted by atomic mass is 32.1. The van der Waals surface area contributed by atoms with Gasteiger partial charge in [-0.3, -0.25) is 14.2 Å². The van der Waals surface area contributed by atoms with Crippen LogP contribution in [0.5, 0.6) is 0 Å². The van der Waals surface area contributed by atoms with Gasteiger partial charge in [-0.25, -0.2) is 4.98 Å². The van der Waals surface area contributed by atoms with Crippen molar-refractivity contribution in [2.24, 2.45) is 5.73 Å². The zero-order valence-corrected chi connectivity index (χ0v) is 17.1. The van der Waals surface area contributed by atoms with E-state index >= 15 is 0 Å². The maximum Gasteiger partial charge on any atom is 0.263 e. The molecule has 0 spiro atoms. The van der Waals surface area contributed by atoms with Gasteiger partial charge in [0.15, 0.2) is 0 Å². The van der Waals surface area contributed by atoms with Crippen LogP contribution in [0.3, 0.4) is 0 Å². The van der Waals surface area contributed by atoms with Gasteiger partial charge in [-0.05, 0) is 24.8 Å². The number of carbonyl (C=O) groups excluding carboxylic acids is 1. The van der Waals surface area contributed by atoms with Crippen molar-refractivity contribution in [3.8, 4) is 21.8 Å². The molecule has 4 aromatic rings. The van der Waals surface area contributed by atoms with Crippen molar-refractivity contribution in [2.45, 2.75) is 26.3 Å². The third-order valence-corrected chi connectivity index (χ3v) is 6.65. The Morgan fingerprint density at radius 3 is 2.57 bits per heavy atom. The molecule has 4 rings (SSSR count). The number of amides is 1. The first-order valence-electron chi connectivity index (χ1n) is 8.97. The number of primary amides is 1. The number of thiophene rings is 2. The third-order valence-electron chi connectivity index (χ3n) is 4.76. The molecule has 0 aliphatic carbocycles. The van der Waals surface area contributed by atoms with Crippen LogP contribution in [0.25, 0.3) is 32.0 Å². The molecule has 0 aliphatic rings. The molecule has 28 heavy (non-hydrogen) atoms. The van der Waals surface area contributed by atoms with Gasteiger partial charge < -0.3 is 5.73 Å². The van der Waals surface area contributed by atoms with Crippen LogP contribution in [-0.2, 0) is 4.79 Å². The van der Waals surface area contributed by atoms with E-state index in [9.17, 15) is 9.59 Å². The fraction of sp³-hybridized carbons (Fsp3) is 0.190. The Labute approximate surface area is 170 Å². The average Bonchev–Trinajstić information content (AvgIpc) is 3.31. The molecule has 0 aliphatic heterocycles. The van der Waals surface area contributed by atoms with Crippen molar-refractivity contribution in [1.82, 2.24) is 9.55 Å². The molecule has 0 saturated heterocycles. The Morgan fingerprint density at radius 1 is 1.21 bits per heavy atom. The van der Waals surface area contributed by atoms with Crippen LogP contribution >= 0.6 is 22.7 Å². The second-order valence-corrected chi connectivity index (χ2v) is 8.64. The first kappa shape index (κ1) is 18.6. The van der Waals surface area contributed by atoms with Gasteiger partial charge in [0.1, 0.15) is 16.7 Å². The summed E-state index contributed by atoms with van der Waals surface area (Å²) in [4.78, 5) is 33.4. The predicted octanol–water partition coefficient (Wildman–Crippen LogP) is 4.60. The standard InChI is InChI=1S/C21H19N3O2S2/c1-3-14(18(22)25)24-19(13-8-5-4-6-9-13)23-20-17(21(24)26)16(12(2)28-20)15-10-7-11-27-15/h4-11,14H,3H2,1-2H3,(H2,22,25). The lowest BCUT2D eigenvalue weighted by atomic mass is 10.1. The Bertz CT molecular complexity index is 1210. The van der Waals surface area contributed by atoms with Crippen LogP contribution in [0.2, 0.25) is 0 Å². The summed E-state index contributed by atoms with van der Waals surface area (Å²) in [6.07, 6.45) is 0.416. The Hall–Kier alpha value is -2.77. The van der Waals surface area contributed by atoms with Crippen molar-refractivity contribution in [3.05, 3.63) is 63.1 Å². The molecule has 3 aromatic heterocycles. The lowest BCUT2D eigenvalue weighted by molar-refractivity contribution is -0.121. The fourth-order valence-electron chi connectivity index (χ4n) is 3.48. The Kier molecular flexibility index (Phi) is 4.87. The van der Waals surface area contributed by atoms with Gasteiger partial charge in [0.05, 0.1) is 5.39 Å². The van der Waals surface area contributed by atoms with Crippen molar-refractivity contribution < 1.29 is 4.79 Å². The second kappa shape index (κ2) is 7.33. The molecular formula is C21H19N3O2S2. The van der Waals surface area contributed by atoms with E-state index in [2.05, 4.69) is 0 Å². The van der Waals surface area contributed by atoms with Gasteiger partial charge in [0.25, 0.3) is 5.56 Å². The summed E-state index contributed by atoms with van der Waals surface area (Å²) >= 11 is 3.09. The fourth-order valence-corrected chi connectivity index (χ4v) is 5.41. The number of nitrogens with zero attached hydrogens (tertiary/aromatic N) is 2. The van der Waals surface area contributed by atoms with Gasteiger partial charge in [-0.1, -0.05) is 43.3 Å². The molecule has 0 saturated carbocycles. The minimum Gasteiger partial charge on any atom is -0.368 e. The van der Waals surface area contributed by atoms with Crippen LogP contribution < -0.4 is 11.3 Å². The summed E-state index contributed by atoms with van der Waals surface area (Å²) in [6, 6.07) is 12.7. The van der Waals surface area contributed by atoms with Crippen LogP contribution in [-0.4, -0.2) is 15.5 Å². The number of aromatic nitrogens is 2. The Balaban J connectivity index is 2.13. The number of aryl methyl sites for hydroxylation is 1. The molecule has 1 aromatic carbocycles. The lowest BCUT2D eigenvalue weighted by Gasteiger charge is -2.19. The van der Waals surface area contributed by atoms with Gasteiger partial charge >= 0.3 is 0 Å². The van der Waals surface area contributed by atoms with Crippen LogP contribution in [0.15, 0.2) is 52.6 Å². The summed E-state index contributed by atoms with van der Waals surface area (Å²) in [6.45, 7) is 3.85. The van der Waals surface area contributed by atoms with E-state index in [4.69, 9.17) is 10.7 Å². The normalized spacial score (nSPS) is 12.4. The minimum atomic E-state index is -0.754. The number of hydrogen-bond acceptors (Lipinski definition) is 5. The highest BCUT2D eigenvalue weighted by molar-refractivity contribution is 7.20. The largest absolute Gasteiger partial charge is 0.368 e. The minimum absolute atomic E-state index is 0.220. The summed E-state index contributed by atoms with van der Waals surface area (Å²) in [5.74, 6) is -0.0599. The number of fused-ring (bicyclic) bond motifs is 1. The SMILES string of the molecule is CCC(C(N)=O)n1c(-c2ccccc2)nc2sc(C)c(-c3cccs3)c2c1=O. The second-order valence-electron chi connectivity index (χ2n) is 6.49. The molecule has 0 fully saturated rings. The average molecular weight is 410 g/mol. The van der Waals surface area contributed by atoms with E-state index in [0.29, 0.717) is 22.5 Å². The molecule has 5 nitrogen and oxygen atoms in total. The summed E-state index contributed by atoms with van der Waals surface area (Å²) in [5.41, 5.74) is 7.12. The van der Waals surface area contributed by atoms with Gasteiger partial charge in [-0.2, -0.15) is 0 Å². The molecule has 2 N–H and O–H groups in total. The smallest absolute Gasteiger partial charge is 0.263 e. The lowest BCUT2D eigenvalue weighted by Crippen LogP contribution is -2.35. The van der Waals surface area contributed by atoms with Crippen molar-refractivity contribution in [2.75, 3.05) is 0 Å². The maximum absolute atomic E-state index is 13.7. The van der Waals surface area contributed by atoms with Gasteiger partial charge in [-0.15, -0.1) is 22.7 Å². The van der Waals surface area contributed by atoms with Crippen LogP contribution in [0.4, 0.5) is 0 Å². The Morgan fingerprint density at radius 2 is 1.96 bits per heavy atom. The number of carbonyl (C=O) groups is 1. The van der Waals surface area contributed by atoms with E-state index in [1.165, 1.54) is 15.9 Å². The molecule has 142 valence electrons. The maximum atomic E-state index is 13.7. The summed E-state index contributed by atoms with van der Waals surface area (Å²) < 4.78 is 1.48. The van der Waals surface area contributed by atoms with Crippen molar-refractivity contribution >= 4 is 38.8 Å². The zero-order chi connectivity index (χ0) is 19.8. The predicted molar refractivity (Wildman–Crippen MR) is 116 cm³/mol. The number of benzene rings is 1. The summed E-state index contributed by atoms with van der Waals surface area (Å²) in [5, 5.41) is 2.55. The highest BCUT2D eigenvalue weighted by Gasteiger charge is 2.26. The van der Waals surface area contributed by atoms with Crippen LogP contribution in [0.1, 0.15) is 24.3 Å². The first-order chi connectivity index (χ1) is 13.5. The van der Waals surface area contributed by atoms with Gasteiger partial charge in [0.2, 0.25) is 5.91 Å². The molecule has 7 heteroatoms. The van der Waals surface area contributed by atoms with E-state index in [1.807, 2.05) is 61.7 Å². The molecule has 0 bridgehead atoms. The van der Waals surface area contributed by atoms with Crippen LogP contribution in [0, 0.1) is 6.92 Å². The summed E-state index contributed by atoms with van der Waals surface area (Å²) in [7, 11) is 0. The number of hydrogen-bond donors (Lipinski definition) is 1. The van der Waals surface area contributed by atoms with E-state index < -0.39 is 11.9 Å². The molecule has 0 radical (unpaired) electrons. The molecule has 1 amide bonds.